The number of carbonyl (C=O) groups excluding carboxylic acids is 1. The number of aromatic nitrogens is 2. The maximum atomic E-state index is 13.2. The van der Waals surface area contributed by atoms with E-state index in [4.69, 9.17) is 0 Å². The van der Waals surface area contributed by atoms with Gasteiger partial charge in [0.25, 0.3) is 0 Å². The zero-order chi connectivity index (χ0) is 24.1. The summed E-state index contributed by atoms with van der Waals surface area (Å²) in [6, 6.07) is 10.7. The van der Waals surface area contributed by atoms with Gasteiger partial charge in [-0.3, -0.25) is 4.79 Å². The molecule has 3 N–H and O–H groups in total. The molecule has 12 heteroatoms. The lowest BCUT2D eigenvalue weighted by atomic mass is 10.0. The average molecular weight is 474 g/mol. The molecule has 2 aromatic carbocycles. The zero-order valence-electron chi connectivity index (χ0n) is 17.1. The smallest absolute Gasteiger partial charge is 0.370 e. The number of nitrogens with zero attached hydrogens (tertiary/aromatic N) is 1. The van der Waals surface area contributed by atoms with Gasteiger partial charge in [-0.1, -0.05) is 24.3 Å². The van der Waals surface area contributed by atoms with Crippen LogP contribution >= 0.6 is 0 Å². The van der Waals surface area contributed by atoms with Crippen molar-refractivity contribution in [3.8, 4) is 0 Å². The van der Waals surface area contributed by atoms with Gasteiger partial charge in [0.05, 0.1) is 35.7 Å². The Kier molecular flexibility index (Phi) is 7.46. The summed E-state index contributed by atoms with van der Waals surface area (Å²) in [7, 11) is 0. The summed E-state index contributed by atoms with van der Waals surface area (Å²) in [5.41, 5.74) is 0.620. The van der Waals surface area contributed by atoms with Crippen LogP contribution in [0.5, 0.6) is 0 Å². The molecule has 0 saturated carbocycles. The number of halogens is 6. The highest BCUT2D eigenvalue weighted by Crippen LogP contribution is 2.32. The molecule has 1 atom stereocenters. The van der Waals surface area contributed by atoms with Crippen molar-refractivity contribution in [1.29, 1.82) is 0 Å². The van der Waals surface area contributed by atoms with Crippen molar-refractivity contribution in [2.75, 3.05) is 25.1 Å². The lowest BCUT2D eigenvalue weighted by Crippen LogP contribution is -2.31. The summed E-state index contributed by atoms with van der Waals surface area (Å²) in [4.78, 5) is 19.7. The first-order chi connectivity index (χ1) is 15.5. The summed E-state index contributed by atoms with van der Waals surface area (Å²) < 4.78 is 80.2. The maximum absolute atomic E-state index is 13.2. The molecule has 0 aliphatic heterocycles. The van der Waals surface area contributed by atoms with E-state index < -0.39 is 36.5 Å². The second kappa shape index (κ2) is 10.1. The van der Waals surface area contributed by atoms with Gasteiger partial charge in [-0.25, -0.2) is 4.98 Å². The van der Waals surface area contributed by atoms with Gasteiger partial charge in [0, 0.05) is 6.54 Å². The molecule has 6 nitrogen and oxygen atoms in total. The van der Waals surface area contributed by atoms with Crippen molar-refractivity contribution in [3.63, 3.8) is 0 Å². The number of carbonyl (C=O) groups is 1. The van der Waals surface area contributed by atoms with E-state index in [0.717, 1.165) is 12.1 Å². The maximum Gasteiger partial charge on any atom is 0.416 e. The molecule has 0 spiro atoms. The number of fused-ring (bicyclic) bond motifs is 1. The van der Waals surface area contributed by atoms with E-state index in [1.54, 1.807) is 24.3 Å². The standard InChI is InChI=1S/C21H20F6N4O2/c22-20(23,24)12-33-9-8-28-18(32)11-17(13-4-3-5-14(10-13)21(25,26)27)31-19-29-15-6-1-2-7-16(15)30-19/h1-7,10,17H,8-9,11-12H2,(H,28,32)(H2,29,30,31). The average Bonchev–Trinajstić information content (AvgIpc) is 3.14. The molecule has 3 rings (SSSR count). The topological polar surface area (TPSA) is 79.0 Å². The largest absolute Gasteiger partial charge is 0.416 e. The minimum Gasteiger partial charge on any atom is -0.370 e. The Balaban J connectivity index is 1.72. The molecule has 33 heavy (non-hydrogen) atoms. The Hall–Kier alpha value is -3.28. The van der Waals surface area contributed by atoms with Crippen LogP contribution in [0.1, 0.15) is 23.6 Å². The fourth-order valence-electron chi connectivity index (χ4n) is 3.08. The molecule has 178 valence electrons. The first-order valence-corrected chi connectivity index (χ1v) is 9.81. The Labute approximate surface area is 184 Å². The van der Waals surface area contributed by atoms with E-state index in [9.17, 15) is 31.1 Å². The number of hydrogen-bond donors (Lipinski definition) is 3. The van der Waals surface area contributed by atoms with E-state index >= 15 is 0 Å². The molecule has 1 heterocycles. The normalized spacial score (nSPS) is 13.2. The molecular weight excluding hydrogens is 454 g/mol. The van der Waals surface area contributed by atoms with Gasteiger partial charge in [0.15, 0.2) is 0 Å². The van der Waals surface area contributed by atoms with Crippen molar-refractivity contribution in [3.05, 3.63) is 59.7 Å². The fraction of sp³-hybridized carbons (Fsp3) is 0.333. The van der Waals surface area contributed by atoms with Crippen LogP contribution in [-0.2, 0) is 15.7 Å². The minimum atomic E-state index is -4.57. The molecule has 0 aliphatic carbocycles. The molecule has 0 aliphatic rings. The number of aromatic amines is 1. The summed E-state index contributed by atoms with van der Waals surface area (Å²) in [5.74, 6) is -0.337. The number of amides is 1. The molecule has 1 aromatic heterocycles. The van der Waals surface area contributed by atoms with E-state index in [1.807, 2.05) is 0 Å². The van der Waals surface area contributed by atoms with E-state index in [1.165, 1.54) is 12.1 Å². The number of ether oxygens (including phenoxy) is 1. The molecule has 0 fully saturated rings. The predicted octanol–water partition coefficient (Wildman–Crippen LogP) is 4.82. The number of hydrogen-bond acceptors (Lipinski definition) is 4. The number of imidazole rings is 1. The van der Waals surface area contributed by atoms with Gasteiger partial charge in [-0.05, 0) is 29.8 Å². The van der Waals surface area contributed by atoms with Crippen LogP contribution in [0.25, 0.3) is 11.0 Å². The third-order valence-corrected chi connectivity index (χ3v) is 4.54. The Morgan fingerprint density at radius 3 is 2.52 bits per heavy atom. The highest BCUT2D eigenvalue weighted by Gasteiger charge is 2.31. The number of H-pyrrole nitrogens is 1. The number of nitrogens with one attached hydrogen (secondary N) is 3. The Bertz CT molecular complexity index is 1050. The van der Waals surface area contributed by atoms with Gasteiger partial charge in [-0.2, -0.15) is 26.3 Å². The van der Waals surface area contributed by atoms with Crippen LogP contribution in [-0.4, -0.2) is 41.8 Å². The minimum absolute atomic E-state index is 0.186. The van der Waals surface area contributed by atoms with Crippen LogP contribution in [0.2, 0.25) is 0 Å². The first-order valence-electron chi connectivity index (χ1n) is 9.81. The van der Waals surface area contributed by atoms with Gasteiger partial charge < -0.3 is 20.4 Å². The molecule has 1 unspecified atom stereocenters. The number of anilines is 1. The molecule has 3 aromatic rings. The summed E-state index contributed by atoms with van der Waals surface area (Å²) in [5, 5.41) is 5.34. The van der Waals surface area contributed by atoms with Crippen LogP contribution in [0.3, 0.4) is 0 Å². The Morgan fingerprint density at radius 1 is 1.06 bits per heavy atom. The van der Waals surface area contributed by atoms with Crippen molar-refractivity contribution in [2.45, 2.75) is 24.8 Å². The van der Waals surface area contributed by atoms with E-state index in [2.05, 4.69) is 25.3 Å². The van der Waals surface area contributed by atoms with Crippen LogP contribution in [0.4, 0.5) is 32.3 Å². The van der Waals surface area contributed by atoms with E-state index in [0.29, 0.717) is 11.0 Å². The second-order valence-corrected chi connectivity index (χ2v) is 7.14. The Morgan fingerprint density at radius 2 is 1.82 bits per heavy atom. The lowest BCUT2D eigenvalue weighted by molar-refractivity contribution is -0.173. The highest BCUT2D eigenvalue weighted by molar-refractivity contribution is 5.79. The molecule has 0 radical (unpaired) electrons. The number of para-hydroxylation sites is 2. The third kappa shape index (κ3) is 7.38. The number of rotatable bonds is 9. The first kappa shape index (κ1) is 24.4. The SMILES string of the molecule is O=C(CC(Nc1nc2ccccc2[nH]1)c1cccc(C(F)(F)F)c1)NCCOCC(F)(F)F. The van der Waals surface area contributed by atoms with Gasteiger partial charge in [0.1, 0.15) is 6.61 Å². The fourth-order valence-corrected chi connectivity index (χ4v) is 3.08. The predicted molar refractivity (Wildman–Crippen MR) is 108 cm³/mol. The monoisotopic (exact) mass is 474 g/mol. The van der Waals surface area contributed by atoms with Crippen LogP contribution in [0, 0.1) is 0 Å². The van der Waals surface area contributed by atoms with Gasteiger partial charge in [0.2, 0.25) is 11.9 Å². The third-order valence-electron chi connectivity index (χ3n) is 4.54. The van der Waals surface area contributed by atoms with Crippen molar-refractivity contribution < 1.29 is 35.9 Å². The second-order valence-electron chi connectivity index (χ2n) is 7.14. The van der Waals surface area contributed by atoms with Crippen molar-refractivity contribution >= 4 is 22.9 Å². The molecule has 1 amide bonds. The quantitative estimate of drug-likeness (QED) is 0.307. The number of alkyl halides is 6. The summed E-state index contributed by atoms with van der Waals surface area (Å²) in [6.45, 7) is -1.99. The van der Waals surface area contributed by atoms with Crippen LogP contribution in [0.15, 0.2) is 48.5 Å². The van der Waals surface area contributed by atoms with E-state index in [-0.39, 0.29) is 31.1 Å². The van der Waals surface area contributed by atoms with Crippen molar-refractivity contribution in [1.82, 2.24) is 15.3 Å². The molecule has 0 bridgehead atoms. The summed E-state index contributed by atoms with van der Waals surface area (Å²) in [6.07, 6.45) is -9.34. The van der Waals surface area contributed by atoms with Crippen molar-refractivity contribution in [2.24, 2.45) is 0 Å². The molecule has 0 saturated heterocycles. The zero-order valence-corrected chi connectivity index (χ0v) is 17.1. The highest BCUT2D eigenvalue weighted by atomic mass is 19.4. The van der Waals surface area contributed by atoms with Crippen LogP contribution < -0.4 is 10.6 Å². The van der Waals surface area contributed by atoms with Gasteiger partial charge >= 0.3 is 12.4 Å². The summed E-state index contributed by atoms with van der Waals surface area (Å²) >= 11 is 0. The van der Waals surface area contributed by atoms with Gasteiger partial charge in [-0.15, -0.1) is 0 Å². The molecular formula is C21H20F6N4O2. The lowest BCUT2D eigenvalue weighted by Gasteiger charge is -2.20. The number of benzene rings is 2.